The van der Waals surface area contributed by atoms with Gasteiger partial charge < -0.3 is 9.47 Å². The molecule has 3 rings (SSSR count). The third-order valence-corrected chi connectivity index (χ3v) is 4.22. The van der Waals surface area contributed by atoms with Crippen LogP contribution in [0.4, 0.5) is 5.69 Å². The van der Waals surface area contributed by atoms with Crippen LogP contribution in [0.2, 0.25) is 0 Å². The van der Waals surface area contributed by atoms with E-state index >= 15 is 0 Å². The second-order valence-electron chi connectivity index (χ2n) is 5.81. The van der Waals surface area contributed by atoms with Crippen molar-refractivity contribution in [3.05, 3.63) is 71.3 Å². The van der Waals surface area contributed by atoms with E-state index < -0.39 is 0 Å². The van der Waals surface area contributed by atoms with E-state index in [4.69, 9.17) is 14.3 Å². The number of hydrogen-bond acceptors (Lipinski definition) is 5. The van der Waals surface area contributed by atoms with Crippen molar-refractivity contribution in [1.82, 2.24) is 0 Å². The highest BCUT2D eigenvalue weighted by Crippen LogP contribution is 2.33. The summed E-state index contributed by atoms with van der Waals surface area (Å²) in [4.78, 5) is 17.7. The van der Waals surface area contributed by atoms with Crippen molar-refractivity contribution in [3.63, 3.8) is 0 Å². The molecular formula is C20H21NO4. The first-order valence-electron chi connectivity index (χ1n) is 8.05. The molecule has 2 aromatic carbocycles. The van der Waals surface area contributed by atoms with Crippen LogP contribution in [0, 0.1) is 0 Å². The molecule has 25 heavy (non-hydrogen) atoms. The van der Waals surface area contributed by atoms with Crippen LogP contribution in [0.25, 0.3) is 0 Å². The van der Waals surface area contributed by atoms with Gasteiger partial charge >= 0.3 is 5.97 Å². The van der Waals surface area contributed by atoms with Crippen LogP contribution < -0.4 is 9.80 Å². The van der Waals surface area contributed by atoms with E-state index in [9.17, 15) is 4.79 Å². The average Bonchev–Trinajstić information content (AvgIpc) is 2.68. The molecule has 2 aromatic rings. The standard InChI is InChI=1S/C20H21NO4/c1-14-12-13-21(17-8-4-16(5-9-17)20(22)24-3)25-19(14)15-6-10-18(23-2)11-7-15/h4-12,19H,13H2,1-3H3/t19-/m1/s1. The number of hydrogen-bond donors (Lipinski definition) is 0. The van der Waals surface area contributed by atoms with Gasteiger partial charge in [0.05, 0.1) is 32.0 Å². The fourth-order valence-corrected chi connectivity index (χ4v) is 2.74. The lowest BCUT2D eigenvalue weighted by molar-refractivity contribution is 0.0498. The number of rotatable bonds is 4. The summed E-state index contributed by atoms with van der Waals surface area (Å²) in [6, 6.07) is 15.0. The van der Waals surface area contributed by atoms with Gasteiger partial charge in [0.2, 0.25) is 0 Å². The number of benzene rings is 2. The minimum Gasteiger partial charge on any atom is -0.497 e. The van der Waals surface area contributed by atoms with Crippen molar-refractivity contribution in [3.8, 4) is 5.75 Å². The predicted octanol–water partition coefficient (Wildman–Crippen LogP) is 3.92. The van der Waals surface area contributed by atoms with Crippen molar-refractivity contribution in [1.29, 1.82) is 0 Å². The Kier molecular flexibility index (Phi) is 5.05. The predicted molar refractivity (Wildman–Crippen MR) is 95.7 cm³/mol. The summed E-state index contributed by atoms with van der Waals surface area (Å²) in [5.74, 6) is 0.467. The topological polar surface area (TPSA) is 48.0 Å². The molecule has 0 saturated carbocycles. The monoisotopic (exact) mass is 339 g/mol. The van der Waals surface area contributed by atoms with Crippen molar-refractivity contribution in [2.75, 3.05) is 25.8 Å². The molecule has 1 aliphatic heterocycles. The fraction of sp³-hybridized carbons (Fsp3) is 0.250. The van der Waals surface area contributed by atoms with Gasteiger partial charge in [0.1, 0.15) is 11.9 Å². The zero-order valence-electron chi connectivity index (χ0n) is 14.6. The largest absolute Gasteiger partial charge is 0.497 e. The number of esters is 1. The lowest BCUT2D eigenvalue weighted by Gasteiger charge is -2.33. The normalized spacial score (nSPS) is 17.0. The number of nitrogens with zero attached hydrogens (tertiary/aromatic N) is 1. The van der Waals surface area contributed by atoms with Crippen LogP contribution in [-0.4, -0.2) is 26.7 Å². The van der Waals surface area contributed by atoms with Crippen LogP contribution in [0.5, 0.6) is 5.75 Å². The first-order chi connectivity index (χ1) is 12.1. The summed E-state index contributed by atoms with van der Waals surface area (Å²) < 4.78 is 9.94. The molecule has 0 fully saturated rings. The molecule has 1 atom stereocenters. The molecule has 0 aliphatic carbocycles. The Hall–Kier alpha value is -2.79. The van der Waals surface area contributed by atoms with Gasteiger partial charge in [0.25, 0.3) is 0 Å². The lowest BCUT2D eigenvalue weighted by Crippen LogP contribution is -2.30. The number of carbonyl (C=O) groups is 1. The highest BCUT2D eigenvalue weighted by molar-refractivity contribution is 5.89. The highest BCUT2D eigenvalue weighted by Gasteiger charge is 2.23. The second-order valence-corrected chi connectivity index (χ2v) is 5.81. The van der Waals surface area contributed by atoms with Crippen LogP contribution >= 0.6 is 0 Å². The molecule has 0 unspecified atom stereocenters. The summed E-state index contributed by atoms with van der Waals surface area (Å²) in [6.45, 7) is 2.71. The van der Waals surface area contributed by atoms with Gasteiger partial charge in [-0.2, -0.15) is 0 Å². The van der Waals surface area contributed by atoms with Crippen LogP contribution in [0.3, 0.4) is 0 Å². The summed E-state index contributed by atoms with van der Waals surface area (Å²) in [6.07, 6.45) is 1.99. The van der Waals surface area contributed by atoms with E-state index in [-0.39, 0.29) is 12.1 Å². The first kappa shape index (κ1) is 17.0. The first-order valence-corrected chi connectivity index (χ1v) is 8.05. The van der Waals surface area contributed by atoms with E-state index in [0.29, 0.717) is 12.1 Å². The summed E-state index contributed by atoms with van der Waals surface area (Å²) >= 11 is 0. The van der Waals surface area contributed by atoms with Crippen LogP contribution in [0.15, 0.2) is 60.2 Å². The van der Waals surface area contributed by atoms with Gasteiger partial charge in [-0.3, -0.25) is 4.84 Å². The number of anilines is 1. The lowest BCUT2D eigenvalue weighted by atomic mass is 10.0. The third kappa shape index (κ3) is 3.67. The summed E-state index contributed by atoms with van der Waals surface area (Å²) in [7, 11) is 3.02. The van der Waals surface area contributed by atoms with Crippen molar-refractivity contribution < 1.29 is 19.1 Å². The van der Waals surface area contributed by atoms with E-state index in [1.54, 1.807) is 19.2 Å². The van der Waals surface area contributed by atoms with Gasteiger partial charge in [-0.15, -0.1) is 0 Å². The molecule has 0 aromatic heterocycles. The van der Waals surface area contributed by atoms with Gasteiger partial charge in [0, 0.05) is 0 Å². The Morgan fingerprint density at radius 2 is 1.76 bits per heavy atom. The molecular weight excluding hydrogens is 318 g/mol. The zero-order chi connectivity index (χ0) is 17.8. The smallest absolute Gasteiger partial charge is 0.337 e. The van der Waals surface area contributed by atoms with E-state index in [1.165, 1.54) is 7.11 Å². The van der Waals surface area contributed by atoms with Crippen LogP contribution in [-0.2, 0) is 9.57 Å². The third-order valence-electron chi connectivity index (χ3n) is 4.22. The maximum Gasteiger partial charge on any atom is 0.337 e. The molecule has 0 N–H and O–H groups in total. The fourth-order valence-electron chi connectivity index (χ4n) is 2.74. The Morgan fingerprint density at radius 1 is 1.08 bits per heavy atom. The zero-order valence-corrected chi connectivity index (χ0v) is 14.6. The van der Waals surface area contributed by atoms with Crippen molar-refractivity contribution in [2.45, 2.75) is 13.0 Å². The minimum atomic E-state index is -0.349. The Labute approximate surface area is 147 Å². The van der Waals surface area contributed by atoms with Crippen molar-refractivity contribution in [2.24, 2.45) is 0 Å². The van der Waals surface area contributed by atoms with E-state index in [0.717, 1.165) is 22.6 Å². The van der Waals surface area contributed by atoms with Crippen molar-refractivity contribution >= 4 is 11.7 Å². The molecule has 0 amide bonds. The van der Waals surface area contributed by atoms with Gasteiger partial charge in [-0.05, 0) is 54.5 Å². The molecule has 1 aliphatic rings. The maximum atomic E-state index is 11.5. The average molecular weight is 339 g/mol. The molecule has 0 saturated heterocycles. The Bertz CT molecular complexity index is 765. The Morgan fingerprint density at radius 3 is 2.36 bits per heavy atom. The van der Waals surface area contributed by atoms with Gasteiger partial charge in [-0.25, -0.2) is 9.86 Å². The maximum absolute atomic E-state index is 11.5. The van der Waals surface area contributed by atoms with Gasteiger partial charge in [-0.1, -0.05) is 18.2 Å². The molecule has 0 bridgehead atoms. The molecule has 1 heterocycles. The summed E-state index contributed by atoms with van der Waals surface area (Å²) in [5.41, 5.74) is 3.62. The number of carbonyl (C=O) groups excluding carboxylic acids is 1. The molecule has 130 valence electrons. The molecule has 0 radical (unpaired) electrons. The van der Waals surface area contributed by atoms with E-state index in [2.05, 4.69) is 13.0 Å². The number of methoxy groups -OCH3 is 2. The number of ether oxygens (including phenoxy) is 2. The molecule has 5 nitrogen and oxygen atoms in total. The quantitative estimate of drug-likeness (QED) is 0.624. The van der Waals surface area contributed by atoms with Gasteiger partial charge in [0.15, 0.2) is 0 Å². The molecule has 5 heteroatoms. The number of hydroxylamine groups is 1. The SMILES string of the molecule is COC(=O)c1ccc(N2CC=C(C)[C@H](c3ccc(OC)cc3)O2)cc1. The molecule has 0 spiro atoms. The Balaban J connectivity index is 1.79. The second kappa shape index (κ2) is 7.40. The van der Waals surface area contributed by atoms with E-state index in [1.807, 2.05) is 41.5 Å². The summed E-state index contributed by atoms with van der Waals surface area (Å²) in [5, 5.41) is 1.82. The van der Waals surface area contributed by atoms with Crippen LogP contribution in [0.1, 0.15) is 28.9 Å². The minimum absolute atomic E-state index is 0.153. The highest BCUT2D eigenvalue weighted by atomic mass is 16.7.